The highest BCUT2D eigenvalue weighted by Crippen LogP contribution is 2.29. The van der Waals surface area contributed by atoms with E-state index >= 15 is 0 Å². The Bertz CT molecular complexity index is 693. The Morgan fingerprint density at radius 3 is 2.65 bits per heavy atom. The Labute approximate surface area is 113 Å². The molecular weight excluding hydrogens is 264 g/mol. The van der Waals surface area contributed by atoms with E-state index in [-0.39, 0.29) is 16.9 Å². The van der Waals surface area contributed by atoms with Crippen molar-refractivity contribution in [2.45, 2.75) is 6.92 Å². The maximum atomic E-state index is 11.0. The molecule has 0 saturated heterocycles. The topological polar surface area (TPSA) is 110 Å². The van der Waals surface area contributed by atoms with Gasteiger partial charge in [-0.15, -0.1) is 0 Å². The summed E-state index contributed by atoms with van der Waals surface area (Å²) in [6.07, 6.45) is 1.68. The van der Waals surface area contributed by atoms with Crippen molar-refractivity contribution >= 4 is 23.0 Å². The van der Waals surface area contributed by atoms with E-state index in [1.165, 1.54) is 12.1 Å². The van der Waals surface area contributed by atoms with Crippen LogP contribution in [0.3, 0.4) is 0 Å². The number of anilines is 2. The fourth-order valence-corrected chi connectivity index (χ4v) is 1.79. The van der Waals surface area contributed by atoms with Gasteiger partial charge in [-0.2, -0.15) is 5.10 Å². The van der Waals surface area contributed by atoms with E-state index in [9.17, 15) is 14.9 Å². The van der Waals surface area contributed by atoms with E-state index in [1.807, 2.05) is 0 Å². The molecule has 2 N–H and O–H groups in total. The second-order valence-corrected chi connectivity index (χ2v) is 4.22. The predicted molar refractivity (Wildman–Crippen MR) is 71.3 cm³/mol. The van der Waals surface area contributed by atoms with Crippen molar-refractivity contribution in [1.29, 1.82) is 0 Å². The van der Waals surface area contributed by atoms with Crippen molar-refractivity contribution in [3.8, 4) is 0 Å². The summed E-state index contributed by atoms with van der Waals surface area (Å²) >= 11 is 0. The van der Waals surface area contributed by atoms with Gasteiger partial charge in [0.1, 0.15) is 5.69 Å². The molecule has 0 unspecified atom stereocenters. The third kappa shape index (κ3) is 2.58. The number of nitrogens with zero attached hydrogens (tertiary/aromatic N) is 3. The van der Waals surface area contributed by atoms with E-state index in [0.29, 0.717) is 11.4 Å². The highest BCUT2D eigenvalue weighted by atomic mass is 16.6. The molecule has 8 heteroatoms. The fourth-order valence-electron chi connectivity index (χ4n) is 1.79. The lowest BCUT2D eigenvalue weighted by molar-refractivity contribution is -0.383. The molecule has 2 aromatic rings. The van der Waals surface area contributed by atoms with Gasteiger partial charge in [0.25, 0.3) is 5.69 Å². The minimum Gasteiger partial charge on any atom is -0.478 e. The molecule has 0 spiro atoms. The zero-order valence-electron chi connectivity index (χ0n) is 10.8. The molecule has 2 rings (SSSR count). The molecular formula is C12H12N4O4. The number of carboxylic acids is 1. The monoisotopic (exact) mass is 276 g/mol. The number of carboxylic acid groups (broad SMARTS) is 1. The molecule has 0 bridgehead atoms. The molecule has 0 aliphatic rings. The number of hydrogen-bond donors (Lipinski definition) is 2. The number of aryl methyl sites for hydroxylation is 2. The van der Waals surface area contributed by atoms with Gasteiger partial charge < -0.3 is 10.4 Å². The van der Waals surface area contributed by atoms with Crippen molar-refractivity contribution < 1.29 is 14.8 Å². The number of nitro benzene ring substituents is 1. The van der Waals surface area contributed by atoms with Crippen molar-refractivity contribution in [3.05, 3.63) is 45.8 Å². The third-order valence-corrected chi connectivity index (χ3v) is 2.72. The second-order valence-electron chi connectivity index (χ2n) is 4.22. The maximum Gasteiger partial charge on any atom is 0.335 e. The first-order chi connectivity index (χ1) is 9.38. The van der Waals surface area contributed by atoms with E-state index in [0.717, 1.165) is 6.07 Å². The lowest BCUT2D eigenvalue weighted by atomic mass is 10.1. The van der Waals surface area contributed by atoms with Crippen molar-refractivity contribution in [1.82, 2.24) is 9.78 Å². The zero-order chi connectivity index (χ0) is 14.9. The summed E-state index contributed by atoms with van der Waals surface area (Å²) in [5, 5.41) is 26.9. The molecule has 1 heterocycles. The minimum absolute atomic E-state index is 0.134. The van der Waals surface area contributed by atoms with Crippen LogP contribution in [0.4, 0.5) is 17.1 Å². The first-order valence-corrected chi connectivity index (χ1v) is 5.67. The van der Waals surface area contributed by atoms with E-state index in [4.69, 9.17) is 5.11 Å². The number of aromatic nitrogens is 2. The van der Waals surface area contributed by atoms with Gasteiger partial charge in [-0.3, -0.25) is 14.8 Å². The van der Waals surface area contributed by atoms with Crippen LogP contribution in [0.25, 0.3) is 0 Å². The second kappa shape index (κ2) is 5.00. The molecule has 1 aromatic heterocycles. The standard InChI is InChI=1S/C12H12N4O4/c1-7-10(6-15(2)14-7)13-9-4-3-8(12(17)18)5-11(9)16(19)20/h3-6,13H,1-2H3,(H,17,18). The molecule has 104 valence electrons. The summed E-state index contributed by atoms with van der Waals surface area (Å²) < 4.78 is 1.58. The Morgan fingerprint density at radius 1 is 1.45 bits per heavy atom. The van der Waals surface area contributed by atoms with Gasteiger partial charge in [-0.1, -0.05) is 0 Å². The molecule has 0 radical (unpaired) electrons. The summed E-state index contributed by atoms with van der Waals surface area (Å²) in [5.41, 5.74) is 1.09. The molecule has 0 fully saturated rings. The van der Waals surface area contributed by atoms with Gasteiger partial charge in [0.2, 0.25) is 0 Å². The number of nitrogens with one attached hydrogen (secondary N) is 1. The summed E-state index contributed by atoms with van der Waals surface area (Å²) in [5.74, 6) is -1.21. The van der Waals surface area contributed by atoms with Gasteiger partial charge in [0.05, 0.1) is 21.9 Å². The summed E-state index contributed by atoms with van der Waals surface area (Å²) in [7, 11) is 1.74. The Kier molecular flexibility index (Phi) is 3.38. The van der Waals surface area contributed by atoms with Crippen LogP contribution in [0.15, 0.2) is 24.4 Å². The highest BCUT2D eigenvalue weighted by Gasteiger charge is 2.18. The first-order valence-electron chi connectivity index (χ1n) is 5.67. The molecule has 20 heavy (non-hydrogen) atoms. The quantitative estimate of drug-likeness (QED) is 0.653. The molecule has 8 nitrogen and oxygen atoms in total. The molecule has 0 aliphatic carbocycles. The number of benzene rings is 1. The smallest absolute Gasteiger partial charge is 0.335 e. The molecule has 0 atom stereocenters. The number of aromatic carboxylic acids is 1. The van der Waals surface area contributed by atoms with Crippen LogP contribution in [0.1, 0.15) is 16.1 Å². The van der Waals surface area contributed by atoms with Gasteiger partial charge in [-0.25, -0.2) is 4.79 Å². The maximum absolute atomic E-state index is 11.0. The van der Waals surface area contributed by atoms with Gasteiger partial charge in [-0.05, 0) is 19.1 Å². The van der Waals surface area contributed by atoms with E-state index < -0.39 is 10.9 Å². The van der Waals surface area contributed by atoms with Crippen LogP contribution in [0.5, 0.6) is 0 Å². The first kappa shape index (κ1) is 13.5. The van der Waals surface area contributed by atoms with Crippen LogP contribution in [0, 0.1) is 17.0 Å². The predicted octanol–water partition coefficient (Wildman–Crippen LogP) is 2.08. The lowest BCUT2D eigenvalue weighted by Gasteiger charge is -2.06. The zero-order valence-corrected chi connectivity index (χ0v) is 10.8. The van der Waals surface area contributed by atoms with Gasteiger partial charge >= 0.3 is 5.97 Å². The van der Waals surface area contributed by atoms with Crippen molar-refractivity contribution in [2.75, 3.05) is 5.32 Å². The Hall–Kier alpha value is -2.90. The number of carbonyl (C=O) groups is 1. The fraction of sp³-hybridized carbons (Fsp3) is 0.167. The van der Waals surface area contributed by atoms with E-state index in [2.05, 4.69) is 10.4 Å². The molecule has 0 aliphatic heterocycles. The third-order valence-electron chi connectivity index (χ3n) is 2.72. The average molecular weight is 276 g/mol. The van der Waals surface area contributed by atoms with Crippen LogP contribution >= 0.6 is 0 Å². The number of hydrogen-bond acceptors (Lipinski definition) is 5. The normalized spacial score (nSPS) is 10.3. The Balaban J connectivity index is 2.43. The van der Waals surface area contributed by atoms with Crippen LogP contribution in [-0.4, -0.2) is 25.8 Å². The minimum atomic E-state index is -1.21. The Morgan fingerprint density at radius 2 is 2.15 bits per heavy atom. The van der Waals surface area contributed by atoms with Crippen LogP contribution < -0.4 is 5.32 Å². The van der Waals surface area contributed by atoms with Gasteiger partial charge in [0, 0.05) is 19.3 Å². The largest absolute Gasteiger partial charge is 0.478 e. The van der Waals surface area contributed by atoms with Crippen molar-refractivity contribution in [2.24, 2.45) is 7.05 Å². The SMILES string of the molecule is Cc1nn(C)cc1Nc1ccc(C(=O)O)cc1[N+](=O)[O-]. The van der Waals surface area contributed by atoms with Crippen LogP contribution in [0.2, 0.25) is 0 Å². The average Bonchev–Trinajstić information content (AvgIpc) is 2.67. The molecule has 0 amide bonds. The van der Waals surface area contributed by atoms with Crippen molar-refractivity contribution in [3.63, 3.8) is 0 Å². The van der Waals surface area contributed by atoms with Crippen LogP contribution in [-0.2, 0) is 7.05 Å². The van der Waals surface area contributed by atoms with E-state index in [1.54, 1.807) is 24.9 Å². The number of rotatable bonds is 4. The summed E-state index contributed by atoms with van der Waals surface area (Å²) in [6, 6.07) is 3.70. The number of nitro groups is 1. The summed E-state index contributed by atoms with van der Waals surface area (Å²) in [6.45, 7) is 1.76. The molecule has 1 aromatic carbocycles. The summed E-state index contributed by atoms with van der Waals surface area (Å²) in [4.78, 5) is 21.3. The molecule has 0 saturated carbocycles. The highest BCUT2D eigenvalue weighted by molar-refractivity contribution is 5.90. The lowest BCUT2D eigenvalue weighted by Crippen LogP contribution is -2.02. The van der Waals surface area contributed by atoms with Gasteiger partial charge in [0.15, 0.2) is 0 Å².